The fourth-order valence-electron chi connectivity index (χ4n) is 2.15. The maximum absolute atomic E-state index is 11.9. The molecule has 0 aromatic rings. The van der Waals surface area contributed by atoms with Crippen molar-refractivity contribution in [2.45, 2.75) is 32.2 Å². The summed E-state index contributed by atoms with van der Waals surface area (Å²) in [5.74, 6) is -1.69. The van der Waals surface area contributed by atoms with Gasteiger partial charge >= 0.3 is 18.0 Å². The highest BCUT2D eigenvalue weighted by molar-refractivity contribution is 5.81. The largest absolute Gasteiger partial charge is 0.481 e. The number of likely N-dealkylation sites (N-methyl/N-ethyl adjacent to an activating group) is 1. The lowest BCUT2D eigenvalue weighted by molar-refractivity contribution is -0.142. The number of urea groups is 1. The molecule has 2 N–H and O–H groups in total. The van der Waals surface area contributed by atoms with E-state index in [1.165, 1.54) is 12.0 Å². The van der Waals surface area contributed by atoms with Gasteiger partial charge in [-0.25, -0.2) is 4.79 Å². The molecule has 1 fully saturated rings. The zero-order chi connectivity index (χ0) is 14.4. The molecule has 0 aromatic carbocycles. The molecule has 7 nitrogen and oxygen atoms in total. The Balaban J connectivity index is 2.45. The van der Waals surface area contributed by atoms with E-state index in [0.717, 1.165) is 0 Å². The second kappa shape index (κ2) is 6.96. The maximum Gasteiger partial charge on any atom is 0.325 e. The molecule has 0 aromatic heterocycles. The Morgan fingerprint density at radius 2 is 2.05 bits per heavy atom. The van der Waals surface area contributed by atoms with Crippen LogP contribution >= 0.6 is 0 Å². The van der Waals surface area contributed by atoms with E-state index in [9.17, 15) is 14.4 Å². The van der Waals surface area contributed by atoms with E-state index in [2.05, 4.69) is 10.1 Å². The first-order chi connectivity index (χ1) is 8.97. The number of carbonyl (C=O) groups is 3. The molecule has 0 saturated heterocycles. The van der Waals surface area contributed by atoms with E-state index in [-0.39, 0.29) is 24.5 Å². The molecular formula is C12H20N2O5. The molecule has 0 aliphatic heterocycles. The van der Waals surface area contributed by atoms with Gasteiger partial charge < -0.3 is 20.1 Å². The summed E-state index contributed by atoms with van der Waals surface area (Å²) in [6, 6.07) is -0.496. The molecule has 2 amide bonds. The van der Waals surface area contributed by atoms with Gasteiger partial charge in [-0.3, -0.25) is 9.59 Å². The van der Waals surface area contributed by atoms with Crippen molar-refractivity contribution < 1.29 is 24.2 Å². The fraction of sp³-hybridized carbons (Fsp3) is 0.750. The van der Waals surface area contributed by atoms with Crippen molar-refractivity contribution in [3.8, 4) is 0 Å². The second-order valence-corrected chi connectivity index (χ2v) is 4.58. The number of carboxylic acids is 1. The molecular weight excluding hydrogens is 252 g/mol. The van der Waals surface area contributed by atoms with E-state index in [1.807, 2.05) is 0 Å². The van der Waals surface area contributed by atoms with Crippen molar-refractivity contribution in [2.24, 2.45) is 5.92 Å². The summed E-state index contributed by atoms with van der Waals surface area (Å²) in [6.07, 6.45) is 1.67. The van der Waals surface area contributed by atoms with Gasteiger partial charge in [0.25, 0.3) is 0 Å². The minimum absolute atomic E-state index is 0.103. The lowest BCUT2D eigenvalue weighted by atomic mass is 10.1. The Bertz CT molecular complexity index is 358. The molecule has 0 bridgehead atoms. The molecule has 1 rings (SSSR count). The van der Waals surface area contributed by atoms with Crippen LogP contribution in [0.2, 0.25) is 0 Å². The first-order valence-electron chi connectivity index (χ1n) is 6.33. The SMILES string of the molecule is CCN(CC(=O)OC)C(=O)NC1CCC(C(=O)O)C1. The van der Waals surface area contributed by atoms with Gasteiger partial charge in [0, 0.05) is 12.6 Å². The Hall–Kier alpha value is -1.79. The highest BCUT2D eigenvalue weighted by atomic mass is 16.5. The van der Waals surface area contributed by atoms with Crippen molar-refractivity contribution in [2.75, 3.05) is 20.2 Å². The van der Waals surface area contributed by atoms with Gasteiger partial charge in [-0.05, 0) is 26.2 Å². The molecule has 2 atom stereocenters. The number of methoxy groups -OCH3 is 1. The molecule has 1 aliphatic carbocycles. The number of esters is 1. The van der Waals surface area contributed by atoms with E-state index in [1.54, 1.807) is 6.92 Å². The van der Waals surface area contributed by atoms with Gasteiger partial charge in [0.1, 0.15) is 6.54 Å². The van der Waals surface area contributed by atoms with Crippen molar-refractivity contribution in [3.63, 3.8) is 0 Å². The third kappa shape index (κ3) is 4.42. The monoisotopic (exact) mass is 272 g/mol. The molecule has 1 aliphatic rings. The number of hydrogen-bond donors (Lipinski definition) is 2. The van der Waals surface area contributed by atoms with Crippen LogP contribution in [0, 0.1) is 5.92 Å². The minimum Gasteiger partial charge on any atom is -0.481 e. The van der Waals surface area contributed by atoms with E-state index >= 15 is 0 Å². The topological polar surface area (TPSA) is 95.9 Å². The van der Waals surface area contributed by atoms with Crippen LogP contribution in [0.3, 0.4) is 0 Å². The Morgan fingerprint density at radius 3 is 2.53 bits per heavy atom. The van der Waals surface area contributed by atoms with Crippen molar-refractivity contribution in [1.29, 1.82) is 0 Å². The summed E-state index contributed by atoms with van der Waals surface area (Å²) >= 11 is 0. The van der Waals surface area contributed by atoms with Crippen LogP contribution < -0.4 is 5.32 Å². The number of carbonyl (C=O) groups excluding carboxylic acids is 2. The van der Waals surface area contributed by atoms with Crippen LogP contribution in [0.25, 0.3) is 0 Å². The highest BCUT2D eigenvalue weighted by Crippen LogP contribution is 2.25. The zero-order valence-corrected chi connectivity index (χ0v) is 11.2. The number of nitrogens with one attached hydrogen (secondary N) is 1. The highest BCUT2D eigenvalue weighted by Gasteiger charge is 2.31. The number of ether oxygens (including phenoxy) is 1. The minimum atomic E-state index is -0.821. The van der Waals surface area contributed by atoms with Crippen molar-refractivity contribution >= 4 is 18.0 Å². The zero-order valence-electron chi connectivity index (χ0n) is 11.2. The quantitative estimate of drug-likeness (QED) is 0.708. The standard InChI is InChI=1S/C12H20N2O5/c1-3-14(7-10(15)19-2)12(18)13-9-5-4-8(6-9)11(16)17/h8-9H,3-7H2,1-2H3,(H,13,18)(H,16,17). The predicted octanol–water partition coefficient (Wildman–Crippen LogP) is 0.444. The lowest BCUT2D eigenvalue weighted by Crippen LogP contribution is -2.46. The van der Waals surface area contributed by atoms with Crippen LogP contribution in [-0.2, 0) is 14.3 Å². The molecule has 1 saturated carbocycles. The second-order valence-electron chi connectivity index (χ2n) is 4.58. The smallest absolute Gasteiger partial charge is 0.325 e. The number of amides is 2. The van der Waals surface area contributed by atoms with Crippen LogP contribution in [-0.4, -0.2) is 54.2 Å². The molecule has 2 unspecified atom stereocenters. The lowest BCUT2D eigenvalue weighted by Gasteiger charge is -2.22. The Morgan fingerprint density at radius 1 is 1.37 bits per heavy atom. The summed E-state index contributed by atoms with van der Waals surface area (Å²) in [5.41, 5.74) is 0. The van der Waals surface area contributed by atoms with Gasteiger partial charge in [0.15, 0.2) is 0 Å². The first-order valence-corrected chi connectivity index (χ1v) is 6.33. The summed E-state index contributed by atoms with van der Waals surface area (Å²) in [4.78, 5) is 35.2. The summed E-state index contributed by atoms with van der Waals surface area (Å²) in [5, 5.41) is 11.6. The third-order valence-corrected chi connectivity index (χ3v) is 3.33. The number of rotatable bonds is 5. The fourth-order valence-corrected chi connectivity index (χ4v) is 2.15. The average Bonchev–Trinajstić information content (AvgIpc) is 2.84. The molecule has 0 spiro atoms. The average molecular weight is 272 g/mol. The van der Waals surface area contributed by atoms with Gasteiger partial charge in [-0.2, -0.15) is 0 Å². The number of aliphatic carboxylic acids is 1. The van der Waals surface area contributed by atoms with Crippen LogP contribution in [0.15, 0.2) is 0 Å². The number of nitrogens with zero attached hydrogens (tertiary/aromatic N) is 1. The van der Waals surface area contributed by atoms with E-state index in [0.29, 0.717) is 25.8 Å². The summed E-state index contributed by atoms with van der Waals surface area (Å²) < 4.78 is 4.51. The number of carboxylic acid groups (broad SMARTS) is 1. The summed E-state index contributed by atoms with van der Waals surface area (Å²) in [7, 11) is 1.27. The maximum atomic E-state index is 11.9. The molecule has 19 heavy (non-hydrogen) atoms. The third-order valence-electron chi connectivity index (χ3n) is 3.33. The Labute approximate surface area is 111 Å². The normalized spacial score (nSPS) is 21.8. The molecule has 0 radical (unpaired) electrons. The number of hydrogen-bond acceptors (Lipinski definition) is 4. The van der Waals surface area contributed by atoms with E-state index < -0.39 is 11.9 Å². The van der Waals surface area contributed by atoms with Gasteiger partial charge in [-0.1, -0.05) is 0 Å². The molecule has 0 heterocycles. The van der Waals surface area contributed by atoms with Crippen molar-refractivity contribution in [1.82, 2.24) is 10.2 Å². The van der Waals surface area contributed by atoms with Crippen LogP contribution in [0.1, 0.15) is 26.2 Å². The van der Waals surface area contributed by atoms with E-state index in [4.69, 9.17) is 5.11 Å². The van der Waals surface area contributed by atoms with Crippen molar-refractivity contribution in [3.05, 3.63) is 0 Å². The molecule has 108 valence electrons. The van der Waals surface area contributed by atoms with Gasteiger partial charge in [0.2, 0.25) is 0 Å². The molecule has 7 heteroatoms. The summed E-state index contributed by atoms with van der Waals surface area (Å²) in [6.45, 7) is 2.04. The van der Waals surface area contributed by atoms with Crippen LogP contribution in [0.4, 0.5) is 4.79 Å². The van der Waals surface area contributed by atoms with Crippen LogP contribution in [0.5, 0.6) is 0 Å². The van der Waals surface area contributed by atoms with Gasteiger partial charge in [-0.15, -0.1) is 0 Å². The van der Waals surface area contributed by atoms with Gasteiger partial charge in [0.05, 0.1) is 13.0 Å². The Kier molecular flexibility index (Phi) is 5.59. The first kappa shape index (κ1) is 15.3. The predicted molar refractivity (Wildman–Crippen MR) is 66.6 cm³/mol.